The maximum atomic E-state index is 13.1. The van der Waals surface area contributed by atoms with Gasteiger partial charge in [0, 0.05) is 30.0 Å². The third-order valence-electron chi connectivity index (χ3n) is 4.22. The van der Waals surface area contributed by atoms with Gasteiger partial charge in [-0.3, -0.25) is 9.78 Å². The Labute approximate surface area is 178 Å². The largest absolute Gasteiger partial charge is 0.452 e. The molecule has 0 unspecified atom stereocenters. The third-order valence-corrected chi connectivity index (χ3v) is 4.66. The topological polar surface area (TPSA) is 80.8 Å². The van der Waals surface area contributed by atoms with Crippen molar-refractivity contribution in [3.8, 4) is 0 Å². The van der Waals surface area contributed by atoms with Crippen LogP contribution >= 0.6 is 15.9 Å². The van der Waals surface area contributed by atoms with Gasteiger partial charge in [0.1, 0.15) is 0 Å². The van der Waals surface area contributed by atoms with Crippen LogP contribution in [0.5, 0.6) is 0 Å². The van der Waals surface area contributed by atoms with Gasteiger partial charge < -0.3 is 19.7 Å². The van der Waals surface area contributed by atoms with Crippen molar-refractivity contribution in [1.29, 1.82) is 0 Å². The molecule has 0 radical (unpaired) electrons. The lowest BCUT2D eigenvalue weighted by atomic mass is 10.1. The predicted molar refractivity (Wildman–Crippen MR) is 105 cm³/mol. The number of hydrogen-bond donors (Lipinski definition) is 1. The highest BCUT2D eigenvalue weighted by atomic mass is 79.9. The number of nitrogens with one attached hydrogen (secondary N) is 1. The first-order chi connectivity index (χ1) is 14.2. The smallest absolute Gasteiger partial charge is 0.416 e. The zero-order valence-corrected chi connectivity index (χ0v) is 17.1. The Morgan fingerprint density at radius 3 is 2.60 bits per heavy atom. The fourth-order valence-electron chi connectivity index (χ4n) is 2.82. The van der Waals surface area contributed by atoms with Crippen molar-refractivity contribution in [3.05, 3.63) is 52.3 Å². The molecular weight excluding hydrogens is 471 g/mol. The van der Waals surface area contributed by atoms with Crippen molar-refractivity contribution < 1.29 is 32.2 Å². The van der Waals surface area contributed by atoms with Gasteiger partial charge in [0.2, 0.25) is 0 Å². The summed E-state index contributed by atoms with van der Waals surface area (Å²) in [4.78, 5) is 29.9. The molecule has 11 heteroatoms. The molecule has 3 rings (SSSR count). The number of ether oxygens (including phenoxy) is 2. The van der Waals surface area contributed by atoms with Crippen molar-refractivity contribution in [2.24, 2.45) is 0 Å². The number of aromatic nitrogens is 1. The molecule has 1 aromatic heterocycles. The fourth-order valence-corrected chi connectivity index (χ4v) is 3.18. The highest BCUT2D eigenvalue weighted by Crippen LogP contribution is 2.35. The number of halogens is 4. The van der Waals surface area contributed by atoms with E-state index in [9.17, 15) is 22.8 Å². The van der Waals surface area contributed by atoms with E-state index >= 15 is 0 Å². The quantitative estimate of drug-likeness (QED) is 0.650. The molecule has 0 bridgehead atoms. The number of carbonyl (C=O) groups is 2. The molecule has 30 heavy (non-hydrogen) atoms. The molecule has 1 amide bonds. The van der Waals surface area contributed by atoms with E-state index in [0.717, 1.165) is 12.1 Å². The number of morpholine rings is 1. The minimum Gasteiger partial charge on any atom is -0.452 e. The number of anilines is 2. The highest BCUT2D eigenvalue weighted by Gasteiger charge is 2.32. The molecule has 0 spiro atoms. The average Bonchev–Trinajstić information content (AvgIpc) is 2.72. The van der Waals surface area contributed by atoms with E-state index in [0.29, 0.717) is 36.5 Å². The zero-order chi connectivity index (χ0) is 21.7. The van der Waals surface area contributed by atoms with E-state index in [1.807, 2.05) is 4.90 Å². The van der Waals surface area contributed by atoms with E-state index in [1.54, 1.807) is 0 Å². The molecule has 1 N–H and O–H groups in total. The monoisotopic (exact) mass is 487 g/mol. The number of esters is 1. The maximum Gasteiger partial charge on any atom is 0.416 e. The Morgan fingerprint density at radius 2 is 1.93 bits per heavy atom. The molecule has 1 aliphatic heterocycles. The summed E-state index contributed by atoms with van der Waals surface area (Å²) in [5.41, 5.74) is -0.351. The maximum absolute atomic E-state index is 13.1. The summed E-state index contributed by atoms with van der Waals surface area (Å²) in [5, 5.41) is 2.42. The Kier molecular flexibility index (Phi) is 6.93. The number of pyridine rings is 1. The van der Waals surface area contributed by atoms with E-state index in [2.05, 4.69) is 26.2 Å². The first-order valence-corrected chi connectivity index (χ1v) is 9.65. The molecule has 2 heterocycles. The number of benzene rings is 1. The van der Waals surface area contributed by atoms with E-state index in [1.165, 1.54) is 24.5 Å². The van der Waals surface area contributed by atoms with Crippen molar-refractivity contribution in [2.75, 3.05) is 43.1 Å². The Hall–Kier alpha value is -2.66. The fraction of sp³-hybridized carbons (Fsp3) is 0.316. The molecular formula is C19H17BrF3N3O4. The van der Waals surface area contributed by atoms with E-state index in [-0.39, 0.29) is 11.3 Å². The molecule has 1 aliphatic rings. The molecule has 1 saturated heterocycles. The molecule has 0 atom stereocenters. The Balaban J connectivity index is 1.72. The minimum atomic E-state index is -4.57. The molecule has 0 aliphatic carbocycles. The summed E-state index contributed by atoms with van der Waals surface area (Å²) >= 11 is 3.17. The van der Waals surface area contributed by atoms with Crippen LogP contribution in [0, 0.1) is 0 Å². The van der Waals surface area contributed by atoms with Gasteiger partial charge in [-0.15, -0.1) is 0 Å². The van der Waals surface area contributed by atoms with Gasteiger partial charge in [0.25, 0.3) is 5.91 Å². The summed E-state index contributed by atoms with van der Waals surface area (Å²) in [6.45, 7) is 1.13. The van der Waals surface area contributed by atoms with Crippen molar-refractivity contribution in [1.82, 2.24) is 4.98 Å². The van der Waals surface area contributed by atoms with Gasteiger partial charge in [0.15, 0.2) is 6.61 Å². The van der Waals surface area contributed by atoms with Crippen LogP contribution in [0.3, 0.4) is 0 Å². The summed E-state index contributed by atoms with van der Waals surface area (Å²) < 4.78 is 50.1. The van der Waals surface area contributed by atoms with Crippen molar-refractivity contribution in [3.63, 3.8) is 0 Å². The summed E-state index contributed by atoms with van der Waals surface area (Å²) in [5.74, 6) is -1.54. The third kappa shape index (κ3) is 5.70. The molecule has 1 aromatic carbocycles. The number of hydrogen-bond acceptors (Lipinski definition) is 6. The van der Waals surface area contributed by atoms with Gasteiger partial charge in [-0.2, -0.15) is 13.2 Å². The highest BCUT2D eigenvalue weighted by molar-refractivity contribution is 9.10. The van der Waals surface area contributed by atoms with Gasteiger partial charge in [-0.1, -0.05) is 0 Å². The average molecular weight is 488 g/mol. The van der Waals surface area contributed by atoms with Gasteiger partial charge >= 0.3 is 12.1 Å². The molecule has 7 nitrogen and oxygen atoms in total. The van der Waals surface area contributed by atoms with Crippen LogP contribution in [0.1, 0.15) is 15.9 Å². The van der Waals surface area contributed by atoms with Crippen LogP contribution in [-0.4, -0.2) is 49.8 Å². The van der Waals surface area contributed by atoms with Gasteiger partial charge in [0.05, 0.1) is 35.7 Å². The summed E-state index contributed by atoms with van der Waals surface area (Å²) in [7, 11) is 0. The lowest BCUT2D eigenvalue weighted by molar-refractivity contribution is -0.137. The molecule has 0 saturated carbocycles. The van der Waals surface area contributed by atoms with Crippen LogP contribution in [0.25, 0.3) is 0 Å². The second-order valence-electron chi connectivity index (χ2n) is 6.35. The number of carbonyl (C=O) groups excluding carboxylic acids is 2. The second kappa shape index (κ2) is 9.43. The summed E-state index contributed by atoms with van der Waals surface area (Å²) in [6.07, 6.45) is -1.82. The lowest BCUT2D eigenvalue weighted by Crippen LogP contribution is -2.37. The van der Waals surface area contributed by atoms with Crippen LogP contribution in [0.15, 0.2) is 41.1 Å². The van der Waals surface area contributed by atoms with Gasteiger partial charge in [-0.25, -0.2) is 4.79 Å². The first-order valence-electron chi connectivity index (χ1n) is 8.85. The second-order valence-corrected chi connectivity index (χ2v) is 7.26. The summed E-state index contributed by atoms with van der Waals surface area (Å²) in [6, 6.07) is 4.60. The van der Waals surface area contributed by atoms with Gasteiger partial charge in [-0.05, 0) is 40.2 Å². The molecule has 160 valence electrons. The normalized spacial score (nSPS) is 14.3. The molecule has 2 aromatic rings. The number of amides is 1. The zero-order valence-electron chi connectivity index (χ0n) is 15.5. The van der Waals surface area contributed by atoms with Crippen molar-refractivity contribution >= 4 is 39.2 Å². The first kappa shape index (κ1) is 22.0. The Morgan fingerprint density at radius 1 is 1.20 bits per heavy atom. The van der Waals surface area contributed by atoms with Crippen LogP contribution in [-0.2, 0) is 20.4 Å². The van der Waals surface area contributed by atoms with E-state index in [4.69, 9.17) is 9.47 Å². The van der Waals surface area contributed by atoms with Crippen LogP contribution < -0.4 is 10.2 Å². The number of nitrogens with zero attached hydrogens (tertiary/aromatic N) is 2. The lowest BCUT2D eigenvalue weighted by Gasteiger charge is -2.31. The predicted octanol–water partition coefficient (Wildman–Crippen LogP) is 3.50. The number of alkyl halides is 3. The van der Waals surface area contributed by atoms with Crippen LogP contribution in [0.2, 0.25) is 0 Å². The standard InChI is InChI=1S/C19H17BrF3N3O4/c20-14-7-12(9-24-10-14)18(28)30-11-17(27)25-15-8-13(19(21,22)23)1-2-16(15)26-3-5-29-6-4-26/h1-2,7-10H,3-6,11H2,(H,25,27). The SMILES string of the molecule is O=C(COC(=O)c1cncc(Br)c1)Nc1cc(C(F)(F)F)ccc1N1CCOCC1. The van der Waals surface area contributed by atoms with E-state index < -0.39 is 30.2 Å². The minimum absolute atomic E-state index is 0.0168. The van der Waals surface area contributed by atoms with Crippen LogP contribution in [0.4, 0.5) is 24.5 Å². The number of rotatable bonds is 5. The Bertz CT molecular complexity index is 933. The molecule has 1 fully saturated rings. The van der Waals surface area contributed by atoms with Crippen molar-refractivity contribution in [2.45, 2.75) is 6.18 Å².